The minimum absolute atomic E-state index is 0.0960. The van der Waals surface area contributed by atoms with Crippen molar-refractivity contribution < 1.29 is 66.5 Å². The molecule has 1 aliphatic rings. The standard InChI is InChI=1S/C41H71NO14Si/c1-8-35-38(46)39(56-57(6,7)41(3,4)5)37(42-32(2)43)40(55-35)53-30-29-47-18-12-15-34(44)16-19-48-21-23-50-25-27-52-28-26-51-24-22-49-20-17-36(45)54-31-33-13-10-9-11-14-33/h9-11,13-14,35,37-40,46H,8,12,15-31H2,1-7H3,(H,42,43). The van der Waals surface area contributed by atoms with Crippen molar-refractivity contribution in [2.45, 2.75) is 122 Å². The number of nitrogens with one attached hydrogen (secondary N) is 1. The Morgan fingerprint density at radius 2 is 1.28 bits per heavy atom. The molecule has 1 heterocycles. The second kappa shape index (κ2) is 29.0. The predicted octanol–water partition coefficient (Wildman–Crippen LogP) is 4.37. The van der Waals surface area contributed by atoms with Gasteiger partial charge in [0.1, 0.15) is 24.5 Å². The average molecular weight is 830 g/mol. The molecule has 1 aromatic rings. The fourth-order valence-corrected chi connectivity index (χ4v) is 6.72. The van der Waals surface area contributed by atoms with Crippen LogP contribution in [0.2, 0.25) is 18.1 Å². The zero-order valence-corrected chi connectivity index (χ0v) is 36.5. The number of ketones is 1. The Morgan fingerprint density at radius 3 is 1.82 bits per heavy atom. The van der Waals surface area contributed by atoms with Crippen LogP contribution in [-0.2, 0) is 68.0 Å². The molecule has 0 saturated carbocycles. The van der Waals surface area contributed by atoms with Gasteiger partial charge >= 0.3 is 5.97 Å². The van der Waals surface area contributed by atoms with Gasteiger partial charge in [0, 0.05) is 26.4 Å². The smallest absolute Gasteiger partial charge is 0.308 e. The highest BCUT2D eigenvalue weighted by atomic mass is 28.4. The van der Waals surface area contributed by atoms with Crippen LogP contribution in [0.25, 0.3) is 0 Å². The molecule has 5 atom stereocenters. The van der Waals surface area contributed by atoms with E-state index in [4.69, 9.17) is 47.1 Å². The van der Waals surface area contributed by atoms with Crippen LogP contribution in [0.3, 0.4) is 0 Å². The molecule has 1 fully saturated rings. The first kappa shape index (κ1) is 50.8. The maximum Gasteiger partial charge on any atom is 0.308 e. The van der Waals surface area contributed by atoms with Crippen LogP contribution in [0.5, 0.6) is 0 Å². The number of Topliss-reactive ketones (excluding diaryl/α,β-unsaturated/α-hetero) is 1. The topological polar surface area (TPSA) is 176 Å². The molecule has 2 rings (SSSR count). The lowest BCUT2D eigenvalue weighted by Crippen LogP contribution is -2.67. The summed E-state index contributed by atoms with van der Waals surface area (Å²) in [5.74, 6) is -0.464. The van der Waals surface area contributed by atoms with Gasteiger partial charge in [-0.3, -0.25) is 14.4 Å². The molecule has 1 amide bonds. The van der Waals surface area contributed by atoms with Crippen LogP contribution >= 0.6 is 0 Å². The molecule has 5 unspecified atom stereocenters. The lowest BCUT2D eigenvalue weighted by molar-refractivity contribution is -0.264. The van der Waals surface area contributed by atoms with Gasteiger partial charge in [0.25, 0.3) is 0 Å². The van der Waals surface area contributed by atoms with Crippen molar-refractivity contribution >= 4 is 26.0 Å². The number of esters is 1. The normalized spacial score (nSPS) is 20.0. The van der Waals surface area contributed by atoms with Crippen LogP contribution < -0.4 is 5.32 Å². The Morgan fingerprint density at radius 1 is 0.754 bits per heavy atom. The first-order valence-electron chi connectivity index (χ1n) is 20.3. The van der Waals surface area contributed by atoms with E-state index in [-0.39, 0.29) is 55.5 Å². The van der Waals surface area contributed by atoms with Crippen LogP contribution in [0, 0.1) is 0 Å². The average Bonchev–Trinajstić information content (AvgIpc) is 3.16. The fraction of sp³-hybridized carbons (Fsp3) is 0.780. The predicted molar refractivity (Wildman–Crippen MR) is 215 cm³/mol. The third-order valence-corrected chi connectivity index (χ3v) is 14.1. The van der Waals surface area contributed by atoms with E-state index in [9.17, 15) is 19.5 Å². The van der Waals surface area contributed by atoms with Crippen molar-refractivity contribution in [3.8, 4) is 0 Å². The Hall–Kier alpha value is -2.35. The zero-order chi connectivity index (χ0) is 41.9. The molecule has 15 nitrogen and oxygen atoms in total. The number of aliphatic hydroxyl groups is 1. The number of carbonyl (C=O) groups excluding carboxylic acids is 3. The van der Waals surface area contributed by atoms with Crippen molar-refractivity contribution in [1.82, 2.24) is 5.32 Å². The summed E-state index contributed by atoms with van der Waals surface area (Å²) in [6.45, 7) is 19.0. The number of benzene rings is 1. The first-order chi connectivity index (χ1) is 27.2. The summed E-state index contributed by atoms with van der Waals surface area (Å²) in [5.41, 5.74) is 0.948. The van der Waals surface area contributed by atoms with E-state index in [1.165, 1.54) is 6.92 Å². The Kier molecular flexibility index (Phi) is 25.8. The largest absolute Gasteiger partial charge is 0.461 e. The summed E-state index contributed by atoms with van der Waals surface area (Å²) >= 11 is 0. The highest BCUT2D eigenvalue weighted by Gasteiger charge is 2.50. The van der Waals surface area contributed by atoms with E-state index in [0.29, 0.717) is 91.8 Å². The van der Waals surface area contributed by atoms with Gasteiger partial charge in [0.2, 0.25) is 5.91 Å². The molecule has 0 bridgehead atoms. The fourth-order valence-electron chi connectivity index (χ4n) is 5.40. The van der Waals surface area contributed by atoms with Gasteiger partial charge in [-0.1, -0.05) is 58.0 Å². The number of hydrogen-bond donors (Lipinski definition) is 2. The van der Waals surface area contributed by atoms with Crippen molar-refractivity contribution in [2.75, 3.05) is 85.9 Å². The summed E-state index contributed by atoms with van der Waals surface area (Å²) in [6.07, 6.45) is -0.869. The second-order valence-electron chi connectivity index (χ2n) is 15.3. The summed E-state index contributed by atoms with van der Waals surface area (Å²) in [7, 11) is -2.30. The van der Waals surface area contributed by atoms with Crippen molar-refractivity contribution in [3.05, 3.63) is 35.9 Å². The van der Waals surface area contributed by atoms with E-state index in [1.54, 1.807) is 0 Å². The van der Waals surface area contributed by atoms with E-state index >= 15 is 0 Å². The van der Waals surface area contributed by atoms with Gasteiger partial charge < -0.3 is 57.5 Å². The first-order valence-corrected chi connectivity index (χ1v) is 23.2. The van der Waals surface area contributed by atoms with E-state index < -0.39 is 39.0 Å². The maximum atomic E-state index is 12.3. The molecule has 57 heavy (non-hydrogen) atoms. The van der Waals surface area contributed by atoms with E-state index in [1.807, 2.05) is 37.3 Å². The number of amides is 1. The van der Waals surface area contributed by atoms with Crippen molar-refractivity contribution in [1.29, 1.82) is 0 Å². The van der Waals surface area contributed by atoms with Gasteiger partial charge in [-0.05, 0) is 36.5 Å². The minimum Gasteiger partial charge on any atom is -0.461 e. The minimum atomic E-state index is -2.30. The quantitative estimate of drug-likeness (QED) is 0.0595. The number of hydrogen-bond acceptors (Lipinski definition) is 14. The summed E-state index contributed by atoms with van der Waals surface area (Å²) in [5, 5.41) is 14.0. The third-order valence-electron chi connectivity index (χ3n) is 9.64. The molecular weight excluding hydrogens is 759 g/mol. The highest BCUT2D eigenvalue weighted by molar-refractivity contribution is 6.74. The molecule has 0 aliphatic carbocycles. The lowest BCUT2D eigenvalue weighted by atomic mass is 9.95. The van der Waals surface area contributed by atoms with Crippen molar-refractivity contribution in [3.63, 3.8) is 0 Å². The molecule has 2 N–H and O–H groups in total. The molecule has 328 valence electrons. The number of rotatable bonds is 32. The Balaban J connectivity index is 1.42. The van der Waals surface area contributed by atoms with Crippen LogP contribution in [0.1, 0.15) is 72.3 Å². The molecular formula is C41H71NO14Si. The molecule has 1 aliphatic heterocycles. The third kappa shape index (κ3) is 22.0. The van der Waals surface area contributed by atoms with Gasteiger partial charge in [-0.25, -0.2) is 0 Å². The molecule has 16 heteroatoms. The number of ether oxygens (including phenoxy) is 9. The lowest BCUT2D eigenvalue weighted by Gasteiger charge is -2.49. The molecule has 0 radical (unpaired) electrons. The Labute approximate surface area is 341 Å². The number of aliphatic hydroxyl groups excluding tert-OH is 1. The Bertz CT molecular complexity index is 1230. The molecule has 0 aromatic heterocycles. The van der Waals surface area contributed by atoms with Gasteiger partial charge in [-0.15, -0.1) is 0 Å². The summed E-state index contributed by atoms with van der Waals surface area (Å²) in [6, 6.07) is 8.84. The zero-order valence-electron chi connectivity index (χ0n) is 35.5. The second-order valence-corrected chi connectivity index (χ2v) is 20.1. The van der Waals surface area contributed by atoms with Crippen LogP contribution in [0.15, 0.2) is 30.3 Å². The van der Waals surface area contributed by atoms with Gasteiger partial charge in [0.05, 0.1) is 97.9 Å². The van der Waals surface area contributed by atoms with Crippen LogP contribution in [-0.4, -0.2) is 148 Å². The summed E-state index contributed by atoms with van der Waals surface area (Å²) in [4.78, 5) is 36.2. The molecule has 0 spiro atoms. The van der Waals surface area contributed by atoms with Gasteiger partial charge in [0.15, 0.2) is 14.6 Å². The number of carbonyl (C=O) groups is 3. The summed E-state index contributed by atoms with van der Waals surface area (Å²) < 4.78 is 57.0. The van der Waals surface area contributed by atoms with Gasteiger partial charge in [-0.2, -0.15) is 0 Å². The van der Waals surface area contributed by atoms with E-state index in [0.717, 1.165) is 5.56 Å². The monoisotopic (exact) mass is 829 g/mol. The maximum absolute atomic E-state index is 12.3. The van der Waals surface area contributed by atoms with E-state index in [2.05, 4.69) is 39.2 Å². The van der Waals surface area contributed by atoms with Crippen LogP contribution in [0.4, 0.5) is 0 Å². The highest BCUT2D eigenvalue weighted by Crippen LogP contribution is 2.39. The molecule has 1 saturated heterocycles. The van der Waals surface area contributed by atoms with Crippen molar-refractivity contribution in [2.24, 2.45) is 0 Å². The SMILES string of the molecule is CCC1OC(OCCOCCCC(=O)CCOCCOCCOCCOCCOCCC(=O)OCc2ccccc2)C(NC(C)=O)C(O[Si](C)(C)C(C)(C)C)C1O. The molecule has 1 aromatic carbocycles.